The molecule has 0 radical (unpaired) electrons. The van der Waals surface area contributed by atoms with E-state index < -0.39 is 32.5 Å². The molecule has 0 aromatic carbocycles. The Morgan fingerprint density at radius 3 is 1.67 bits per heavy atom. The zero-order valence-electron chi connectivity index (χ0n) is 32.7. The average molecular weight is 750 g/mol. The standard InChI is InChI=1S/C42H72NO8P/c1-4-6-8-10-12-14-16-18-20-22-24-26-28-30-32-34-41(44)48-38-40(39-50-52(46,47)49-37-36-43-3)51-42(45)35-33-31-29-27-25-23-21-19-17-15-13-11-9-7-5-2/h6,8,12-15,18-21,24,26,40,43H,4-5,7,9-11,16-17,22-23,25,27-39H2,1-3H3,(H,46,47)/b8-6-,14-12-,15-13-,20-18-,21-19-,26-24-. The summed E-state index contributed by atoms with van der Waals surface area (Å²) in [6.07, 6.45) is 43.7. The van der Waals surface area contributed by atoms with E-state index in [1.54, 1.807) is 7.05 Å². The predicted octanol–water partition coefficient (Wildman–Crippen LogP) is 11.0. The second-order valence-corrected chi connectivity index (χ2v) is 14.2. The largest absolute Gasteiger partial charge is 0.472 e. The molecule has 0 saturated heterocycles. The number of likely N-dealkylation sites (N-methyl/N-ethyl adjacent to an activating group) is 1. The number of ether oxygens (including phenoxy) is 2. The summed E-state index contributed by atoms with van der Waals surface area (Å²) < 4.78 is 33.0. The van der Waals surface area contributed by atoms with Gasteiger partial charge >= 0.3 is 19.8 Å². The van der Waals surface area contributed by atoms with Crippen LogP contribution in [0.4, 0.5) is 0 Å². The zero-order chi connectivity index (χ0) is 38.2. The molecule has 0 amide bonds. The molecule has 0 aliphatic heterocycles. The summed E-state index contributed by atoms with van der Waals surface area (Å²) in [5.41, 5.74) is 0. The maximum absolute atomic E-state index is 12.6. The molecule has 0 aliphatic rings. The molecule has 52 heavy (non-hydrogen) atoms. The van der Waals surface area contributed by atoms with Crippen LogP contribution in [-0.4, -0.2) is 56.3 Å². The van der Waals surface area contributed by atoms with Gasteiger partial charge in [-0.15, -0.1) is 0 Å². The number of unbranched alkanes of at least 4 members (excludes halogenated alkanes) is 10. The summed E-state index contributed by atoms with van der Waals surface area (Å²) in [7, 11) is -2.67. The third-order valence-corrected chi connectivity index (χ3v) is 8.79. The van der Waals surface area contributed by atoms with Crippen LogP contribution < -0.4 is 5.32 Å². The van der Waals surface area contributed by atoms with Crippen molar-refractivity contribution in [3.63, 3.8) is 0 Å². The quantitative estimate of drug-likeness (QED) is 0.0279. The lowest BCUT2D eigenvalue weighted by Gasteiger charge is -2.20. The monoisotopic (exact) mass is 749 g/mol. The van der Waals surface area contributed by atoms with Gasteiger partial charge in [0.1, 0.15) is 6.61 Å². The molecule has 2 N–H and O–H groups in total. The minimum Gasteiger partial charge on any atom is -0.462 e. The first-order valence-corrected chi connectivity index (χ1v) is 21.4. The summed E-state index contributed by atoms with van der Waals surface area (Å²) >= 11 is 0. The molecule has 0 aliphatic carbocycles. The molecule has 0 bridgehead atoms. The molecule has 9 nitrogen and oxygen atoms in total. The molecular formula is C42H72NO8P. The fraction of sp³-hybridized carbons (Fsp3) is 0.667. The summed E-state index contributed by atoms with van der Waals surface area (Å²) in [4.78, 5) is 34.9. The Balaban J connectivity index is 4.39. The van der Waals surface area contributed by atoms with Crippen molar-refractivity contribution in [1.82, 2.24) is 5.32 Å². The highest BCUT2D eigenvalue weighted by Crippen LogP contribution is 2.43. The Bertz CT molecular complexity index is 1080. The van der Waals surface area contributed by atoms with Gasteiger partial charge in [0, 0.05) is 19.4 Å². The molecule has 0 fully saturated rings. The predicted molar refractivity (Wildman–Crippen MR) is 215 cm³/mol. The molecular weight excluding hydrogens is 677 g/mol. The van der Waals surface area contributed by atoms with Crippen molar-refractivity contribution in [3.8, 4) is 0 Å². The minimum atomic E-state index is -4.36. The lowest BCUT2D eigenvalue weighted by atomic mass is 10.1. The van der Waals surface area contributed by atoms with Gasteiger partial charge < -0.3 is 19.7 Å². The second kappa shape index (κ2) is 38.2. The van der Waals surface area contributed by atoms with Gasteiger partial charge in [-0.3, -0.25) is 18.6 Å². The molecule has 0 spiro atoms. The summed E-state index contributed by atoms with van der Waals surface area (Å²) in [6.45, 7) is 3.99. The van der Waals surface area contributed by atoms with Crippen LogP contribution in [0.25, 0.3) is 0 Å². The van der Waals surface area contributed by atoms with Crippen LogP contribution in [0.2, 0.25) is 0 Å². The zero-order valence-corrected chi connectivity index (χ0v) is 33.6. The van der Waals surface area contributed by atoms with Gasteiger partial charge in [-0.05, 0) is 90.5 Å². The van der Waals surface area contributed by atoms with Crippen molar-refractivity contribution in [1.29, 1.82) is 0 Å². The molecule has 0 rings (SSSR count). The van der Waals surface area contributed by atoms with Gasteiger partial charge in [-0.2, -0.15) is 0 Å². The normalized spacial score (nSPS) is 14.2. The fourth-order valence-electron chi connectivity index (χ4n) is 4.81. The number of rotatable bonds is 36. The molecule has 0 saturated carbocycles. The van der Waals surface area contributed by atoms with E-state index in [4.69, 9.17) is 18.5 Å². The maximum Gasteiger partial charge on any atom is 0.472 e. The smallest absolute Gasteiger partial charge is 0.462 e. The fourth-order valence-corrected chi connectivity index (χ4v) is 5.56. The SMILES string of the molecule is CC/C=C\C/C=C\C/C=C\C/C=C\CCCCC(=O)OCC(COP(=O)(O)OCCNC)OC(=O)CCCCCCC/C=C\C/C=C\CCCCC. The first kappa shape index (κ1) is 49.5. The van der Waals surface area contributed by atoms with Crippen molar-refractivity contribution in [2.45, 2.75) is 148 Å². The molecule has 0 aromatic rings. The Labute approximate surface area is 316 Å². The molecule has 2 atom stereocenters. The topological polar surface area (TPSA) is 120 Å². The Hall–Kier alpha value is -2.55. The van der Waals surface area contributed by atoms with Crippen molar-refractivity contribution in [2.24, 2.45) is 0 Å². The van der Waals surface area contributed by atoms with E-state index in [9.17, 15) is 19.0 Å². The number of phosphoric ester groups is 1. The van der Waals surface area contributed by atoms with Crippen LogP contribution in [0.3, 0.4) is 0 Å². The summed E-state index contributed by atoms with van der Waals surface area (Å²) in [6, 6.07) is 0. The van der Waals surface area contributed by atoms with Crippen LogP contribution >= 0.6 is 7.82 Å². The second-order valence-electron chi connectivity index (χ2n) is 12.7. The van der Waals surface area contributed by atoms with Crippen molar-refractivity contribution in [2.75, 3.05) is 33.4 Å². The number of hydrogen-bond acceptors (Lipinski definition) is 8. The highest BCUT2D eigenvalue weighted by molar-refractivity contribution is 7.47. The Morgan fingerprint density at radius 1 is 0.615 bits per heavy atom. The number of esters is 2. The lowest BCUT2D eigenvalue weighted by Crippen LogP contribution is -2.29. The van der Waals surface area contributed by atoms with Gasteiger partial charge in [-0.25, -0.2) is 4.57 Å². The highest BCUT2D eigenvalue weighted by Gasteiger charge is 2.26. The van der Waals surface area contributed by atoms with Crippen molar-refractivity contribution in [3.05, 3.63) is 72.9 Å². The van der Waals surface area contributed by atoms with Gasteiger partial charge in [0.15, 0.2) is 6.10 Å². The third kappa shape index (κ3) is 37.2. The van der Waals surface area contributed by atoms with Crippen molar-refractivity contribution < 1.29 is 37.6 Å². The van der Waals surface area contributed by atoms with Gasteiger partial charge in [0.05, 0.1) is 13.2 Å². The molecule has 10 heteroatoms. The average Bonchev–Trinajstić information content (AvgIpc) is 3.12. The van der Waals surface area contributed by atoms with Gasteiger partial charge in [0.25, 0.3) is 0 Å². The van der Waals surface area contributed by atoms with Gasteiger partial charge in [0.2, 0.25) is 0 Å². The van der Waals surface area contributed by atoms with E-state index in [1.807, 2.05) is 0 Å². The number of carbonyl (C=O) groups is 2. The van der Waals surface area contributed by atoms with Crippen LogP contribution in [0, 0.1) is 0 Å². The first-order chi connectivity index (χ1) is 25.3. The van der Waals surface area contributed by atoms with E-state index in [0.717, 1.165) is 77.0 Å². The number of nitrogens with one attached hydrogen (secondary N) is 1. The van der Waals surface area contributed by atoms with Crippen LogP contribution in [0.15, 0.2) is 72.9 Å². The molecule has 0 aromatic heterocycles. The Morgan fingerprint density at radius 2 is 1.10 bits per heavy atom. The van der Waals surface area contributed by atoms with Crippen LogP contribution in [0.1, 0.15) is 142 Å². The number of carbonyl (C=O) groups excluding carboxylic acids is 2. The van der Waals surface area contributed by atoms with E-state index in [1.165, 1.54) is 25.7 Å². The number of allylic oxidation sites excluding steroid dienone is 12. The molecule has 2 unspecified atom stereocenters. The van der Waals surface area contributed by atoms with E-state index >= 15 is 0 Å². The first-order valence-electron chi connectivity index (χ1n) is 19.9. The van der Waals surface area contributed by atoms with Crippen LogP contribution in [0.5, 0.6) is 0 Å². The van der Waals surface area contributed by atoms with Crippen LogP contribution in [-0.2, 0) is 32.7 Å². The molecule has 298 valence electrons. The maximum atomic E-state index is 12.6. The molecule has 0 heterocycles. The van der Waals surface area contributed by atoms with E-state index in [0.29, 0.717) is 19.4 Å². The highest BCUT2D eigenvalue weighted by atomic mass is 31.2. The summed E-state index contributed by atoms with van der Waals surface area (Å²) in [5, 5.41) is 2.81. The number of phosphoric acid groups is 1. The van der Waals surface area contributed by atoms with E-state index in [2.05, 4.69) is 92.1 Å². The minimum absolute atomic E-state index is 0.0303. The van der Waals surface area contributed by atoms with E-state index in [-0.39, 0.29) is 26.1 Å². The Kier molecular flexibility index (Phi) is 36.3. The third-order valence-electron chi connectivity index (χ3n) is 7.81. The lowest BCUT2D eigenvalue weighted by molar-refractivity contribution is -0.161. The number of hydrogen-bond donors (Lipinski definition) is 2. The van der Waals surface area contributed by atoms with Gasteiger partial charge in [-0.1, -0.05) is 119 Å². The summed E-state index contributed by atoms with van der Waals surface area (Å²) in [5.74, 6) is -0.880. The van der Waals surface area contributed by atoms with Crippen molar-refractivity contribution >= 4 is 19.8 Å².